The van der Waals surface area contributed by atoms with Crippen molar-refractivity contribution in [3.63, 3.8) is 0 Å². The molecule has 0 unspecified atom stereocenters. The van der Waals surface area contributed by atoms with Gasteiger partial charge in [-0.25, -0.2) is 0 Å². The van der Waals surface area contributed by atoms with Gasteiger partial charge in [0.25, 0.3) is 5.56 Å². The quantitative estimate of drug-likeness (QED) is 0.477. The summed E-state index contributed by atoms with van der Waals surface area (Å²) in [5.41, 5.74) is 1.96. The third-order valence-corrected chi connectivity index (χ3v) is 5.50. The van der Waals surface area contributed by atoms with Crippen LogP contribution in [0.5, 0.6) is 0 Å². The third kappa shape index (κ3) is 3.47. The lowest BCUT2D eigenvalue weighted by atomic mass is 10.1. The number of para-hydroxylation sites is 1. The van der Waals surface area contributed by atoms with Gasteiger partial charge in [0.05, 0.1) is 10.9 Å². The molecular formula is C20H21N5OS. The molecule has 138 valence electrons. The van der Waals surface area contributed by atoms with Crippen molar-refractivity contribution in [2.45, 2.75) is 37.7 Å². The van der Waals surface area contributed by atoms with Crippen LogP contribution in [0.15, 0.2) is 58.7 Å². The van der Waals surface area contributed by atoms with Gasteiger partial charge in [0.1, 0.15) is 0 Å². The van der Waals surface area contributed by atoms with Gasteiger partial charge >= 0.3 is 0 Å². The molecule has 0 radical (unpaired) electrons. The summed E-state index contributed by atoms with van der Waals surface area (Å²) in [6.45, 7) is 4.95. The maximum atomic E-state index is 13.0. The highest BCUT2D eigenvalue weighted by molar-refractivity contribution is 7.98. The summed E-state index contributed by atoms with van der Waals surface area (Å²) in [7, 11) is 0. The van der Waals surface area contributed by atoms with Gasteiger partial charge in [-0.2, -0.15) is 0 Å². The number of hydrogen-bond acceptors (Lipinski definition) is 5. The van der Waals surface area contributed by atoms with Crippen LogP contribution in [0, 0.1) is 5.92 Å². The second-order valence-corrected chi connectivity index (χ2v) is 7.87. The van der Waals surface area contributed by atoms with Gasteiger partial charge in [0, 0.05) is 24.7 Å². The topological polar surface area (TPSA) is 65.1 Å². The molecule has 4 aromatic rings. The molecule has 0 atom stereocenters. The average molecular weight is 379 g/mol. The number of benzene rings is 1. The van der Waals surface area contributed by atoms with E-state index in [1.165, 1.54) is 0 Å². The van der Waals surface area contributed by atoms with Crippen LogP contribution in [-0.4, -0.2) is 24.1 Å². The minimum absolute atomic E-state index is 0.00467. The molecule has 0 saturated carbocycles. The number of aryl methyl sites for hydroxylation is 1. The number of pyridine rings is 1. The SMILES string of the molecule is CC(C)CCn1c(=O)c2ccccc2n2c(SCc3cccnc3)nnc12. The van der Waals surface area contributed by atoms with Crippen LogP contribution in [0.2, 0.25) is 0 Å². The summed E-state index contributed by atoms with van der Waals surface area (Å²) in [4.78, 5) is 17.2. The Labute approximate surface area is 161 Å². The van der Waals surface area contributed by atoms with Crippen molar-refractivity contribution in [3.05, 3.63) is 64.7 Å². The number of rotatable bonds is 6. The van der Waals surface area contributed by atoms with E-state index < -0.39 is 0 Å². The minimum Gasteiger partial charge on any atom is -0.276 e. The molecule has 3 heterocycles. The van der Waals surface area contributed by atoms with E-state index in [1.54, 1.807) is 22.5 Å². The lowest BCUT2D eigenvalue weighted by molar-refractivity contribution is 0.512. The van der Waals surface area contributed by atoms with Crippen LogP contribution < -0.4 is 5.56 Å². The Kier molecular flexibility index (Phi) is 4.94. The Hall–Kier alpha value is -2.67. The van der Waals surface area contributed by atoms with E-state index in [1.807, 2.05) is 47.0 Å². The number of nitrogens with zero attached hydrogens (tertiary/aromatic N) is 5. The first-order valence-corrected chi connectivity index (χ1v) is 10.0. The van der Waals surface area contributed by atoms with Crippen LogP contribution in [0.1, 0.15) is 25.8 Å². The molecule has 6 nitrogen and oxygen atoms in total. The van der Waals surface area contributed by atoms with Crippen molar-refractivity contribution in [2.75, 3.05) is 0 Å². The molecule has 3 aromatic heterocycles. The van der Waals surface area contributed by atoms with E-state index in [4.69, 9.17) is 0 Å². The molecule has 0 spiro atoms. The second kappa shape index (κ2) is 7.52. The molecule has 7 heteroatoms. The summed E-state index contributed by atoms with van der Waals surface area (Å²) in [5.74, 6) is 1.85. The first kappa shape index (κ1) is 17.7. The predicted octanol–water partition coefficient (Wildman–Crippen LogP) is 3.78. The maximum Gasteiger partial charge on any atom is 0.262 e. The molecule has 27 heavy (non-hydrogen) atoms. The smallest absolute Gasteiger partial charge is 0.262 e. The van der Waals surface area contributed by atoms with Gasteiger partial charge in [0.2, 0.25) is 5.78 Å². The Morgan fingerprint density at radius 2 is 1.96 bits per heavy atom. The van der Waals surface area contributed by atoms with Crippen LogP contribution >= 0.6 is 11.8 Å². The number of fused-ring (bicyclic) bond motifs is 3. The van der Waals surface area contributed by atoms with Crippen molar-refractivity contribution < 1.29 is 0 Å². The first-order valence-electron chi connectivity index (χ1n) is 9.03. The average Bonchev–Trinajstić information content (AvgIpc) is 3.11. The Balaban J connectivity index is 1.83. The van der Waals surface area contributed by atoms with Crippen molar-refractivity contribution in [3.8, 4) is 0 Å². The van der Waals surface area contributed by atoms with Crippen molar-refractivity contribution in [2.24, 2.45) is 5.92 Å². The standard InChI is InChI=1S/C20H21N5OS/c1-14(2)9-11-24-18(26)16-7-3-4-8-17(16)25-19(24)22-23-20(25)27-13-15-6-5-10-21-12-15/h3-8,10,12,14H,9,11,13H2,1-2H3. The normalized spacial score (nSPS) is 11.7. The summed E-state index contributed by atoms with van der Waals surface area (Å²) < 4.78 is 3.75. The van der Waals surface area contributed by atoms with Crippen LogP contribution in [0.4, 0.5) is 0 Å². The molecule has 1 aromatic carbocycles. The van der Waals surface area contributed by atoms with Crippen molar-refractivity contribution in [1.29, 1.82) is 0 Å². The van der Waals surface area contributed by atoms with Crippen LogP contribution in [-0.2, 0) is 12.3 Å². The highest BCUT2D eigenvalue weighted by atomic mass is 32.2. The summed E-state index contributed by atoms with van der Waals surface area (Å²) in [6.07, 6.45) is 4.54. The van der Waals surface area contributed by atoms with Crippen LogP contribution in [0.25, 0.3) is 16.7 Å². The van der Waals surface area contributed by atoms with Crippen molar-refractivity contribution in [1.82, 2.24) is 24.1 Å². The van der Waals surface area contributed by atoms with Gasteiger partial charge in [-0.1, -0.05) is 43.8 Å². The molecule has 4 rings (SSSR count). The fourth-order valence-electron chi connectivity index (χ4n) is 3.05. The number of aromatic nitrogens is 5. The van der Waals surface area contributed by atoms with Gasteiger partial charge in [0.15, 0.2) is 5.16 Å². The van der Waals surface area contributed by atoms with Gasteiger partial charge in [-0.3, -0.25) is 18.7 Å². The molecule has 0 aliphatic rings. The largest absolute Gasteiger partial charge is 0.276 e. The highest BCUT2D eigenvalue weighted by Crippen LogP contribution is 2.24. The summed E-state index contributed by atoms with van der Waals surface area (Å²) in [6, 6.07) is 11.6. The Morgan fingerprint density at radius 3 is 2.74 bits per heavy atom. The van der Waals surface area contributed by atoms with E-state index in [0.29, 0.717) is 23.6 Å². The molecule has 0 saturated heterocycles. The van der Waals surface area contributed by atoms with E-state index >= 15 is 0 Å². The Bertz CT molecular complexity index is 1130. The lowest BCUT2D eigenvalue weighted by Gasteiger charge is -2.12. The zero-order chi connectivity index (χ0) is 18.8. The number of hydrogen-bond donors (Lipinski definition) is 0. The zero-order valence-corrected chi connectivity index (χ0v) is 16.2. The fraction of sp³-hybridized carbons (Fsp3) is 0.300. The molecule has 0 aliphatic carbocycles. The summed E-state index contributed by atoms with van der Waals surface area (Å²) >= 11 is 1.60. The lowest BCUT2D eigenvalue weighted by Crippen LogP contribution is -2.24. The number of thioether (sulfide) groups is 1. The molecule has 0 N–H and O–H groups in total. The van der Waals surface area contributed by atoms with Gasteiger partial charge < -0.3 is 0 Å². The Morgan fingerprint density at radius 1 is 1.11 bits per heavy atom. The van der Waals surface area contributed by atoms with E-state index in [0.717, 1.165) is 28.4 Å². The first-order chi connectivity index (χ1) is 13.1. The molecule has 0 fully saturated rings. The minimum atomic E-state index is -0.00467. The van der Waals surface area contributed by atoms with E-state index in [2.05, 4.69) is 29.0 Å². The third-order valence-electron chi connectivity index (χ3n) is 4.50. The molecular weight excluding hydrogens is 358 g/mol. The predicted molar refractivity (Wildman–Crippen MR) is 108 cm³/mol. The monoisotopic (exact) mass is 379 g/mol. The second-order valence-electron chi connectivity index (χ2n) is 6.92. The van der Waals surface area contributed by atoms with Gasteiger partial charge in [-0.05, 0) is 36.1 Å². The molecule has 0 bridgehead atoms. The van der Waals surface area contributed by atoms with Gasteiger partial charge in [-0.15, -0.1) is 10.2 Å². The van der Waals surface area contributed by atoms with Crippen molar-refractivity contribution >= 4 is 28.4 Å². The van der Waals surface area contributed by atoms with Crippen LogP contribution in [0.3, 0.4) is 0 Å². The molecule has 0 amide bonds. The highest BCUT2D eigenvalue weighted by Gasteiger charge is 2.16. The summed E-state index contributed by atoms with van der Waals surface area (Å²) in [5, 5.41) is 10.2. The van der Waals surface area contributed by atoms with E-state index in [-0.39, 0.29) is 5.56 Å². The molecule has 0 aliphatic heterocycles. The fourth-order valence-corrected chi connectivity index (χ4v) is 3.92. The van der Waals surface area contributed by atoms with E-state index in [9.17, 15) is 4.79 Å². The zero-order valence-electron chi connectivity index (χ0n) is 15.4. The maximum absolute atomic E-state index is 13.0.